The smallest absolute Gasteiger partial charge is 0.397 e. The molecule has 24 heavy (non-hydrogen) atoms. The molecule has 0 unspecified atom stereocenters. The maximum absolute atomic E-state index is 12.6. The van der Waals surface area contributed by atoms with Crippen molar-refractivity contribution in [2.24, 2.45) is 0 Å². The molecule has 126 valence electrons. The quantitative estimate of drug-likeness (QED) is 0.581. The van der Waals surface area contributed by atoms with E-state index in [0.29, 0.717) is 0 Å². The minimum Gasteiger partial charge on any atom is -0.397 e. The number of amides is 2. The summed E-state index contributed by atoms with van der Waals surface area (Å²) in [6.45, 7) is 1.81. The largest absolute Gasteiger partial charge is 0.416 e. The van der Waals surface area contributed by atoms with Crippen LogP contribution in [0.2, 0.25) is 0 Å². The number of carbonyl (C=O) groups excluding carboxylic acids is 2. The fourth-order valence-corrected chi connectivity index (χ4v) is 1.94. The number of alkyl halides is 3. The number of carbonyl (C=O) groups is 2. The lowest BCUT2D eigenvalue weighted by atomic mass is 10.2. The van der Waals surface area contributed by atoms with Gasteiger partial charge in [0, 0.05) is 5.69 Å². The van der Waals surface area contributed by atoms with Crippen LogP contribution in [0.15, 0.2) is 42.5 Å². The summed E-state index contributed by atoms with van der Waals surface area (Å²) < 4.78 is 37.9. The Labute approximate surface area is 135 Å². The molecule has 0 heterocycles. The molecular formula is C16H14F3N3O2. The van der Waals surface area contributed by atoms with E-state index in [1.165, 1.54) is 12.1 Å². The molecule has 2 aromatic rings. The van der Waals surface area contributed by atoms with Crippen LogP contribution in [0.3, 0.4) is 0 Å². The van der Waals surface area contributed by atoms with E-state index in [2.05, 4.69) is 10.6 Å². The summed E-state index contributed by atoms with van der Waals surface area (Å²) >= 11 is 0. The predicted molar refractivity (Wildman–Crippen MR) is 84.3 cm³/mol. The van der Waals surface area contributed by atoms with E-state index >= 15 is 0 Å². The van der Waals surface area contributed by atoms with E-state index in [4.69, 9.17) is 5.73 Å². The Kier molecular flexibility index (Phi) is 4.77. The zero-order valence-corrected chi connectivity index (χ0v) is 12.6. The number of benzene rings is 2. The molecule has 0 aliphatic heterocycles. The number of halogens is 3. The van der Waals surface area contributed by atoms with Crippen molar-refractivity contribution in [1.29, 1.82) is 0 Å². The zero-order valence-electron chi connectivity index (χ0n) is 12.6. The first-order chi connectivity index (χ1) is 11.2. The van der Waals surface area contributed by atoms with Crippen molar-refractivity contribution in [3.05, 3.63) is 53.6 Å². The second-order valence-corrected chi connectivity index (χ2v) is 5.08. The predicted octanol–water partition coefficient (Wildman–Crippen LogP) is 3.17. The van der Waals surface area contributed by atoms with Gasteiger partial charge >= 0.3 is 18.0 Å². The maximum atomic E-state index is 12.6. The molecule has 5 nitrogen and oxygen atoms in total. The summed E-state index contributed by atoms with van der Waals surface area (Å²) in [6, 6.07) is 8.82. The molecule has 2 rings (SSSR count). The van der Waals surface area contributed by atoms with Gasteiger partial charge in [-0.2, -0.15) is 13.2 Å². The van der Waals surface area contributed by atoms with E-state index < -0.39 is 23.6 Å². The van der Waals surface area contributed by atoms with Crippen molar-refractivity contribution in [3.63, 3.8) is 0 Å². The van der Waals surface area contributed by atoms with Crippen molar-refractivity contribution in [2.75, 3.05) is 16.4 Å². The van der Waals surface area contributed by atoms with Crippen molar-refractivity contribution >= 4 is 28.9 Å². The Morgan fingerprint density at radius 1 is 1.00 bits per heavy atom. The lowest BCUT2D eigenvalue weighted by Crippen LogP contribution is -2.29. The third kappa shape index (κ3) is 4.25. The molecule has 0 radical (unpaired) electrons. The highest BCUT2D eigenvalue weighted by molar-refractivity contribution is 6.43. The van der Waals surface area contributed by atoms with Crippen molar-refractivity contribution in [2.45, 2.75) is 13.1 Å². The van der Waals surface area contributed by atoms with Crippen LogP contribution in [0.1, 0.15) is 11.1 Å². The van der Waals surface area contributed by atoms with Gasteiger partial charge in [-0.25, -0.2) is 0 Å². The molecule has 0 atom stereocenters. The Bertz CT molecular complexity index is 788. The first-order valence-corrected chi connectivity index (χ1v) is 6.82. The number of hydrogen-bond donors (Lipinski definition) is 3. The van der Waals surface area contributed by atoms with E-state index in [1.807, 2.05) is 6.92 Å². The molecule has 0 bridgehead atoms. The fourth-order valence-electron chi connectivity index (χ4n) is 1.94. The van der Waals surface area contributed by atoms with Crippen LogP contribution < -0.4 is 16.4 Å². The standard InChI is InChI=1S/C16H14F3N3O2/c1-9-5-6-13(12(20)7-9)22-15(24)14(23)21-11-4-2-3-10(8-11)16(17,18)19/h2-8H,20H2,1H3,(H,21,23)(H,22,24). The average molecular weight is 337 g/mol. The van der Waals surface area contributed by atoms with Crippen LogP contribution in [0, 0.1) is 6.92 Å². The summed E-state index contributed by atoms with van der Waals surface area (Å²) in [7, 11) is 0. The first kappa shape index (κ1) is 17.3. The summed E-state index contributed by atoms with van der Waals surface area (Å²) in [5.41, 5.74) is 6.04. The van der Waals surface area contributed by atoms with Crippen LogP contribution >= 0.6 is 0 Å². The second kappa shape index (κ2) is 6.61. The van der Waals surface area contributed by atoms with Gasteiger partial charge in [-0.1, -0.05) is 12.1 Å². The maximum Gasteiger partial charge on any atom is 0.416 e. The normalized spacial score (nSPS) is 11.0. The number of aryl methyl sites for hydroxylation is 1. The van der Waals surface area contributed by atoms with Crippen LogP contribution in [0.25, 0.3) is 0 Å². The molecule has 0 spiro atoms. The Morgan fingerprint density at radius 2 is 1.67 bits per heavy atom. The lowest BCUT2D eigenvalue weighted by Gasteiger charge is -2.11. The SMILES string of the molecule is Cc1ccc(NC(=O)C(=O)Nc2cccc(C(F)(F)F)c2)c(N)c1. The van der Waals surface area contributed by atoms with Gasteiger partial charge in [0.05, 0.1) is 16.9 Å². The van der Waals surface area contributed by atoms with Gasteiger partial charge in [0.1, 0.15) is 0 Å². The van der Waals surface area contributed by atoms with Crippen molar-refractivity contribution in [3.8, 4) is 0 Å². The van der Waals surface area contributed by atoms with Gasteiger partial charge < -0.3 is 16.4 Å². The molecule has 0 saturated carbocycles. The van der Waals surface area contributed by atoms with Crippen molar-refractivity contribution in [1.82, 2.24) is 0 Å². The van der Waals surface area contributed by atoms with E-state index in [0.717, 1.165) is 23.8 Å². The van der Waals surface area contributed by atoms with Crippen LogP contribution in [0.4, 0.5) is 30.2 Å². The Morgan fingerprint density at radius 3 is 2.29 bits per heavy atom. The molecule has 0 aliphatic carbocycles. The van der Waals surface area contributed by atoms with Gasteiger partial charge in [-0.3, -0.25) is 9.59 Å². The van der Waals surface area contributed by atoms with Gasteiger partial charge in [0.15, 0.2) is 0 Å². The third-order valence-electron chi connectivity index (χ3n) is 3.11. The molecule has 2 aromatic carbocycles. The number of anilines is 3. The molecule has 2 amide bonds. The molecule has 4 N–H and O–H groups in total. The van der Waals surface area contributed by atoms with E-state index in [1.54, 1.807) is 12.1 Å². The zero-order chi connectivity index (χ0) is 17.9. The fraction of sp³-hybridized carbons (Fsp3) is 0.125. The average Bonchev–Trinajstić information content (AvgIpc) is 2.49. The molecule has 0 aliphatic rings. The number of nitrogens with two attached hydrogens (primary N) is 1. The Hall–Kier alpha value is -3.03. The van der Waals surface area contributed by atoms with Crippen LogP contribution in [-0.4, -0.2) is 11.8 Å². The van der Waals surface area contributed by atoms with Crippen LogP contribution in [-0.2, 0) is 15.8 Å². The highest BCUT2D eigenvalue weighted by atomic mass is 19.4. The Balaban J connectivity index is 2.08. The minimum atomic E-state index is -4.54. The highest BCUT2D eigenvalue weighted by Crippen LogP contribution is 2.30. The van der Waals surface area contributed by atoms with Crippen molar-refractivity contribution < 1.29 is 22.8 Å². The van der Waals surface area contributed by atoms with Crippen LogP contribution in [0.5, 0.6) is 0 Å². The lowest BCUT2D eigenvalue weighted by molar-refractivity contribution is -0.137. The first-order valence-electron chi connectivity index (χ1n) is 6.82. The topological polar surface area (TPSA) is 84.2 Å². The van der Waals surface area contributed by atoms with E-state index in [-0.39, 0.29) is 17.1 Å². The third-order valence-corrected chi connectivity index (χ3v) is 3.11. The van der Waals surface area contributed by atoms with E-state index in [9.17, 15) is 22.8 Å². The summed E-state index contributed by atoms with van der Waals surface area (Å²) in [5, 5.41) is 4.42. The van der Waals surface area contributed by atoms with Gasteiger partial charge in [-0.15, -0.1) is 0 Å². The molecule has 0 aromatic heterocycles. The molecular weight excluding hydrogens is 323 g/mol. The number of rotatable bonds is 2. The molecule has 0 saturated heterocycles. The minimum absolute atomic E-state index is 0.137. The van der Waals surface area contributed by atoms with Gasteiger partial charge in [0.25, 0.3) is 0 Å². The monoisotopic (exact) mass is 337 g/mol. The number of hydrogen-bond acceptors (Lipinski definition) is 3. The second-order valence-electron chi connectivity index (χ2n) is 5.08. The van der Waals surface area contributed by atoms with Gasteiger partial charge in [0.2, 0.25) is 0 Å². The number of nitrogens with one attached hydrogen (secondary N) is 2. The molecule has 8 heteroatoms. The van der Waals surface area contributed by atoms with Gasteiger partial charge in [-0.05, 0) is 42.8 Å². The summed E-state index contributed by atoms with van der Waals surface area (Å²) in [4.78, 5) is 23.6. The summed E-state index contributed by atoms with van der Waals surface area (Å²) in [5.74, 6) is -2.14. The summed E-state index contributed by atoms with van der Waals surface area (Å²) in [6.07, 6.45) is -4.54. The highest BCUT2D eigenvalue weighted by Gasteiger charge is 2.30. The molecule has 0 fully saturated rings. The number of nitrogen functional groups attached to an aromatic ring is 1.